The van der Waals surface area contributed by atoms with Crippen LogP contribution >= 0.6 is 0 Å². The van der Waals surface area contributed by atoms with Gasteiger partial charge in [-0.25, -0.2) is 0 Å². The number of nitrogens with two attached hydrogens (primary N) is 1. The Kier molecular flexibility index (Phi) is 5.33. The largest absolute Gasteiger partial charge is 0.368 e. The van der Waals surface area contributed by atoms with Crippen LogP contribution in [0.4, 0.5) is 0 Å². The summed E-state index contributed by atoms with van der Waals surface area (Å²) in [5.41, 5.74) is 7.67. The van der Waals surface area contributed by atoms with E-state index in [2.05, 4.69) is 5.32 Å². The summed E-state index contributed by atoms with van der Waals surface area (Å²) in [7, 11) is 0. The Morgan fingerprint density at radius 2 is 2.10 bits per heavy atom. The zero-order valence-corrected chi connectivity index (χ0v) is 12.5. The quantitative estimate of drug-likeness (QED) is 0.847. The lowest BCUT2D eigenvalue weighted by atomic mass is 10.0. The van der Waals surface area contributed by atoms with Crippen molar-refractivity contribution < 1.29 is 9.59 Å². The molecule has 5 heteroatoms. The van der Waals surface area contributed by atoms with E-state index in [0.717, 1.165) is 36.9 Å². The number of piperidine rings is 1. The van der Waals surface area contributed by atoms with Gasteiger partial charge in [-0.3, -0.25) is 14.5 Å². The van der Waals surface area contributed by atoms with Crippen LogP contribution in [0.25, 0.3) is 0 Å². The van der Waals surface area contributed by atoms with Crippen molar-refractivity contribution in [2.24, 2.45) is 5.73 Å². The molecule has 1 atom stereocenters. The molecule has 0 aromatic heterocycles. The van der Waals surface area contributed by atoms with Gasteiger partial charge < -0.3 is 11.1 Å². The van der Waals surface area contributed by atoms with Gasteiger partial charge in [-0.05, 0) is 37.4 Å². The molecular formula is C16H23N3O2. The van der Waals surface area contributed by atoms with Gasteiger partial charge in [-0.15, -0.1) is 0 Å². The zero-order chi connectivity index (χ0) is 15.2. The van der Waals surface area contributed by atoms with Gasteiger partial charge in [0, 0.05) is 6.54 Å². The molecule has 21 heavy (non-hydrogen) atoms. The van der Waals surface area contributed by atoms with E-state index in [0.29, 0.717) is 6.54 Å². The molecule has 1 aliphatic rings. The minimum Gasteiger partial charge on any atom is -0.368 e. The van der Waals surface area contributed by atoms with Crippen molar-refractivity contribution in [1.82, 2.24) is 10.2 Å². The standard InChI is InChI=1S/C16H23N3O2/c1-12-6-2-3-7-13(12)10-18-15(20)11-19-9-5-4-8-14(19)16(17)21/h2-3,6-7,14H,4-5,8-11H2,1H3,(H2,17,21)(H,18,20). The topological polar surface area (TPSA) is 75.4 Å². The second-order valence-electron chi connectivity index (χ2n) is 5.59. The van der Waals surface area contributed by atoms with Crippen molar-refractivity contribution in [3.05, 3.63) is 35.4 Å². The molecule has 0 radical (unpaired) electrons. The van der Waals surface area contributed by atoms with Crippen LogP contribution in [0.3, 0.4) is 0 Å². The first kappa shape index (κ1) is 15.5. The Morgan fingerprint density at radius 3 is 2.81 bits per heavy atom. The Hall–Kier alpha value is -1.88. The van der Waals surface area contributed by atoms with Gasteiger partial charge in [0.05, 0.1) is 12.6 Å². The number of nitrogens with one attached hydrogen (secondary N) is 1. The number of aryl methyl sites for hydroxylation is 1. The highest BCUT2D eigenvalue weighted by Gasteiger charge is 2.28. The van der Waals surface area contributed by atoms with Crippen LogP contribution in [0.15, 0.2) is 24.3 Å². The number of carbonyl (C=O) groups excluding carboxylic acids is 2. The second kappa shape index (κ2) is 7.22. The van der Waals surface area contributed by atoms with Crippen molar-refractivity contribution in [2.75, 3.05) is 13.1 Å². The van der Waals surface area contributed by atoms with Crippen LogP contribution in [-0.4, -0.2) is 35.8 Å². The molecule has 114 valence electrons. The fraction of sp³-hybridized carbons (Fsp3) is 0.500. The fourth-order valence-electron chi connectivity index (χ4n) is 2.75. The van der Waals surface area contributed by atoms with Crippen molar-refractivity contribution in [3.8, 4) is 0 Å². The molecule has 0 aliphatic carbocycles. The highest BCUT2D eigenvalue weighted by molar-refractivity contribution is 5.82. The van der Waals surface area contributed by atoms with Crippen molar-refractivity contribution >= 4 is 11.8 Å². The van der Waals surface area contributed by atoms with Crippen molar-refractivity contribution in [3.63, 3.8) is 0 Å². The van der Waals surface area contributed by atoms with E-state index in [1.165, 1.54) is 0 Å². The molecule has 3 N–H and O–H groups in total. The number of benzene rings is 1. The van der Waals surface area contributed by atoms with E-state index in [9.17, 15) is 9.59 Å². The van der Waals surface area contributed by atoms with Crippen LogP contribution in [0.5, 0.6) is 0 Å². The number of amides is 2. The van der Waals surface area contributed by atoms with Crippen LogP contribution in [-0.2, 0) is 16.1 Å². The van der Waals surface area contributed by atoms with Crippen LogP contribution in [0, 0.1) is 6.92 Å². The van der Waals surface area contributed by atoms with E-state index < -0.39 is 0 Å². The number of nitrogens with zero attached hydrogens (tertiary/aromatic N) is 1. The smallest absolute Gasteiger partial charge is 0.234 e. The van der Waals surface area contributed by atoms with Crippen LogP contribution in [0.1, 0.15) is 30.4 Å². The van der Waals surface area contributed by atoms with E-state index >= 15 is 0 Å². The molecule has 5 nitrogen and oxygen atoms in total. The summed E-state index contributed by atoms with van der Waals surface area (Å²) in [4.78, 5) is 25.4. The molecular weight excluding hydrogens is 266 g/mol. The predicted molar refractivity (Wildman–Crippen MR) is 81.4 cm³/mol. The Morgan fingerprint density at radius 1 is 1.33 bits per heavy atom. The average molecular weight is 289 g/mol. The van der Waals surface area contributed by atoms with Crippen LogP contribution < -0.4 is 11.1 Å². The molecule has 1 unspecified atom stereocenters. The first-order chi connectivity index (χ1) is 10.1. The monoisotopic (exact) mass is 289 g/mol. The lowest BCUT2D eigenvalue weighted by Gasteiger charge is -2.32. The SMILES string of the molecule is Cc1ccccc1CNC(=O)CN1CCCCC1C(N)=O. The summed E-state index contributed by atoms with van der Waals surface area (Å²) in [6.07, 6.45) is 2.75. The van der Waals surface area contributed by atoms with Gasteiger partial charge in [0.25, 0.3) is 0 Å². The lowest BCUT2D eigenvalue weighted by Crippen LogP contribution is -2.51. The zero-order valence-electron chi connectivity index (χ0n) is 12.5. The van der Waals surface area contributed by atoms with E-state index in [4.69, 9.17) is 5.73 Å². The summed E-state index contributed by atoms with van der Waals surface area (Å²) < 4.78 is 0. The number of hydrogen-bond acceptors (Lipinski definition) is 3. The highest BCUT2D eigenvalue weighted by atomic mass is 16.2. The summed E-state index contributed by atoms with van der Waals surface area (Å²) >= 11 is 0. The van der Waals surface area contributed by atoms with Gasteiger partial charge in [0.1, 0.15) is 0 Å². The number of rotatable bonds is 5. The first-order valence-corrected chi connectivity index (χ1v) is 7.42. The minimum absolute atomic E-state index is 0.0635. The van der Waals surface area contributed by atoms with Crippen molar-refractivity contribution in [2.45, 2.75) is 38.8 Å². The van der Waals surface area contributed by atoms with Gasteiger partial charge in [0.2, 0.25) is 11.8 Å². The molecule has 1 aliphatic heterocycles. The average Bonchev–Trinajstić information content (AvgIpc) is 2.47. The Bertz CT molecular complexity index is 516. The molecule has 1 fully saturated rings. The van der Waals surface area contributed by atoms with E-state index in [1.54, 1.807) is 0 Å². The minimum atomic E-state index is -0.332. The summed E-state index contributed by atoms with van der Waals surface area (Å²) in [5, 5.41) is 2.91. The second-order valence-corrected chi connectivity index (χ2v) is 5.59. The first-order valence-electron chi connectivity index (χ1n) is 7.42. The third-order valence-corrected chi connectivity index (χ3v) is 4.03. The molecule has 1 saturated heterocycles. The number of likely N-dealkylation sites (tertiary alicyclic amines) is 1. The summed E-state index contributed by atoms with van der Waals surface area (Å²) in [6.45, 7) is 3.53. The molecule has 1 aromatic rings. The lowest BCUT2D eigenvalue weighted by molar-refractivity contribution is -0.128. The number of hydrogen-bond donors (Lipinski definition) is 2. The third-order valence-electron chi connectivity index (χ3n) is 4.03. The normalized spacial score (nSPS) is 19.2. The predicted octanol–water partition coefficient (Wildman–Crippen LogP) is 0.951. The van der Waals surface area contributed by atoms with E-state index in [-0.39, 0.29) is 24.4 Å². The maximum absolute atomic E-state index is 12.1. The van der Waals surface area contributed by atoms with Gasteiger partial charge in [0.15, 0.2) is 0 Å². The molecule has 1 heterocycles. The maximum Gasteiger partial charge on any atom is 0.234 e. The number of primary amides is 1. The fourth-order valence-corrected chi connectivity index (χ4v) is 2.75. The van der Waals surface area contributed by atoms with E-state index in [1.807, 2.05) is 36.1 Å². The van der Waals surface area contributed by atoms with Crippen LogP contribution in [0.2, 0.25) is 0 Å². The molecule has 0 bridgehead atoms. The molecule has 0 saturated carbocycles. The van der Waals surface area contributed by atoms with Gasteiger partial charge in [-0.1, -0.05) is 30.7 Å². The third kappa shape index (κ3) is 4.29. The molecule has 2 amide bonds. The van der Waals surface area contributed by atoms with Gasteiger partial charge >= 0.3 is 0 Å². The summed E-state index contributed by atoms with van der Waals surface area (Å²) in [6, 6.07) is 7.66. The maximum atomic E-state index is 12.1. The molecule has 0 spiro atoms. The molecule has 1 aromatic carbocycles. The Balaban J connectivity index is 1.86. The molecule has 2 rings (SSSR count). The summed E-state index contributed by atoms with van der Waals surface area (Å²) in [5.74, 6) is -0.396. The van der Waals surface area contributed by atoms with Gasteiger partial charge in [-0.2, -0.15) is 0 Å². The Labute approximate surface area is 125 Å². The highest BCUT2D eigenvalue weighted by Crippen LogP contribution is 2.16. The van der Waals surface area contributed by atoms with Crippen molar-refractivity contribution in [1.29, 1.82) is 0 Å². The number of carbonyl (C=O) groups is 2.